The molecule has 0 aromatic heterocycles. The number of nitrogens with zero attached hydrogens (tertiary/aromatic N) is 2. The fourth-order valence-electron chi connectivity index (χ4n) is 2.63. The Bertz CT molecular complexity index is 539. The molecule has 1 fully saturated rings. The highest BCUT2D eigenvalue weighted by Crippen LogP contribution is 2.24. The van der Waals surface area contributed by atoms with E-state index in [-0.39, 0.29) is 29.3 Å². The van der Waals surface area contributed by atoms with Crippen LogP contribution in [0, 0.1) is 5.41 Å². The Hall–Kier alpha value is -1.49. The summed E-state index contributed by atoms with van der Waals surface area (Å²) in [5.74, 6) is -0.151. The minimum atomic E-state index is -0.370. The largest absolute Gasteiger partial charge is 0.328 e. The monoisotopic (exact) mass is 320 g/mol. The summed E-state index contributed by atoms with van der Waals surface area (Å²) in [6, 6.07) is 9.81. The first-order valence-electron chi connectivity index (χ1n) is 7.61. The molecular weight excluding hydrogens is 296 g/mol. The van der Waals surface area contributed by atoms with Gasteiger partial charge in [0.25, 0.3) is 5.91 Å². The lowest BCUT2D eigenvalue weighted by molar-refractivity contribution is -0.125. The molecular formula is C17H24N2O2S. The fraction of sp³-hybridized carbons (Fsp3) is 0.529. The molecule has 5 heteroatoms. The molecule has 1 aliphatic rings. The van der Waals surface area contributed by atoms with Gasteiger partial charge in [-0.05, 0) is 23.8 Å². The molecule has 1 aromatic carbocycles. The van der Waals surface area contributed by atoms with Crippen LogP contribution in [0.1, 0.15) is 32.8 Å². The van der Waals surface area contributed by atoms with Crippen LogP contribution in [0.15, 0.2) is 30.3 Å². The molecule has 0 N–H and O–H groups in total. The minimum absolute atomic E-state index is 0.0257. The number of hydrogen-bond acceptors (Lipinski definition) is 3. The van der Waals surface area contributed by atoms with Crippen LogP contribution in [-0.4, -0.2) is 40.2 Å². The molecule has 120 valence electrons. The summed E-state index contributed by atoms with van der Waals surface area (Å²) in [4.78, 5) is 27.5. The first-order chi connectivity index (χ1) is 10.3. The lowest BCUT2D eigenvalue weighted by Gasteiger charge is -2.27. The van der Waals surface area contributed by atoms with Gasteiger partial charge in [-0.3, -0.25) is 9.69 Å². The molecule has 0 aliphatic carbocycles. The van der Waals surface area contributed by atoms with Gasteiger partial charge in [0.2, 0.25) is 0 Å². The zero-order valence-electron chi connectivity index (χ0n) is 13.5. The van der Waals surface area contributed by atoms with Crippen molar-refractivity contribution in [3.8, 4) is 0 Å². The van der Waals surface area contributed by atoms with Gasteiger partial charge in [-0.1, -0.05) is 51.1 Å². The Kier molecular flexibility index (Phi) is 5.16. The van der Waals surface area contributed by atoms with Gasteiger partial charge < -0.3 is 4.90 Å². The van der Waals surface area contributed by atoms with Crippen LogP contribution in [-0.2, 0) is 11.2 Å². The number of thiol groups is 1. The highest BCUT2D eigenvalue weighted by molar-refractivity contribution is 7.80. The first kappa shape index (κ1) is 16.9. The van der Waals surface area contributed by atoms with E-state index in [1.165, 1.54) is 10.5 Å². The highest BCUT2D eigenvalue weighted by atomic mass is 32.1. The molecule has 0 spiro atoms. The van der Waals surface area contributed by atoms with Gasteiger partial charge in [0.1, 0.15) is 6.54 Å². The topological polar surface area (TPSA) is 40.6 Å². The zero-order chi connectivity index (χ0) is 16.3. The predicted molar refractivity (Wildman–Crippen MR) is 90.8 cm³/mol. The molecule has 3 amide bonds. The van der Waals surface area contributed by atoms with Gasteiger partial charge in [0.05, 0.1) is 5.37 Å². The van der Waals surface area contributed by atoms with Crippen molar-refractivity contribution in [1.82, 2.24) is 9.80 Å². The first-order valence-corrected chi connectivity index (χ1v) is 8.12. The molecule has 1 aromatic rings. The number of aryl methyl sites for hydroxylation is 1. The van der Waals surface area contributed by atoms with E-state index in [4.69, 9.17) is 0 Å². The lowest BCUT2D eigenvalue weighted by Crippen LogP contribution is -2.40. The van der Waals surface area contributed by atoms with Crippen molar-refractivity contribution in [1.29, 1.82) is 0 Å². The fourth-order valence-corrected chi connectivity index (χ4v) is 2.98. The smallest absolute Gasteiger partial charge is 0.314 e. The van der Waals surface area contributed by atoms with Crippen LogP contribution in [0.2, 0.25) is 0 Å². The van der Waals surface area contributed by atoms with E-state index < -0.39 is 0 Å². The summed E-state index contributed by atoms with van der Waals surface area (Å²) in [7, 11) is 0. The second-order valence-electron chi connectivity index (χ2n) is 6.97. The van der Waals surface area contributed by atoms with E-state index in [1.807, 2.05) is 30.3 Å². The number of benzene rings is 1. The predicted octanol–water partition coefficient (Wildman–Crippen LogP) is 3.19. The molecule has 2 rings (SSSR count). The zero-order valence-corrected chi connectivity index (χ0v) is 14.3. The van der Waals surface area contributed by atoms with Gasteiger partial charge in [-0.15, -0.1) is 0 Å². The van der Waals surface area contributed by atoms with Crippen molar-refractivity contribution in [2.45, 2.75) is 39.0 Å². The summed E-state index contributed by atoms with van der Waals surface area (Å²) in [5, 5.41) is -0.370. The van der Waals surface area contributed by atoms with Crippen LogP contribution in [0.4, 0.5) is 4.79 Å². The molecule has 1 atom stereocenters. The van der Waals surface area contributed by atoms with Crippen molar-refractivity contribution in [3.63, 3.8) is 0 Å². The van der Waals surface area contributed by atoms with Crippen molar-refractivity contribution >= 4 is 24.6 Å². The number of amides is 3. The Labute approximate surface area is 137 Å². The van der Waals surface area contributed by atoms with Crippen LogP contribution in [0.3, 0.4) is 0 Å². The van der Waals surface area contributed by atoms with E-state index in [0.29, 0.717) is 13.0 Å². The molecule has 1 heterocycles. The lowest BCUT2D eigenvalue weighted by atomic mass is 9.96. The van der Waals surface area contributed by atoms with Gasteiger partial charge in [-0.25, -0.2) is 4.79 Å². The van der Waals surface area contributed by atoms with Gasteiger partial charge >= 0.3 is 6.03 Å². The molecule has 1 saturated heterocycles. The molecule has 0 radical (unpaired) electrons. The number of carbonyl (C=O) groups is 2. The third-order valence-electron chi connectivity index (χ3n) is 3.57. The van der Waals surface area contributed by atoms with E-state index >= 15 is 0 Å². The van der Waals surface area contributed by atoms with Gasteiger partial charge in [0.15, 0.2) is 0 Å². The van der Waals surface area contributed by atoms with Crippen molar-refractivity contribution < 1.29 is 9.59 Å². The number of urea groups is 1. The van der Waals surface area contributed by atoms with Crippen LogP contribution in [0.25, 0.3) is 0 Å². The maximum Gasteiger partial charge on any atom is 0.328 e. The van der Waals surface area contributed by atoms with Gasteiger partial charge in [0, 0.05) is 6.54 Å². The summed E-state index contributed by atoms with van der Waals surface area (Å²) < 4.78 is 0. The van der Waals surface area contributed by atoms with E-state index in [9.17, 15) is 9.59 Å². The second-order valence-corrected chi connectivity index (χ2v) is 7.56. The van der Waals surface area contributed by atoms with E-state index in [0.717, 1.165) is 6.42 Å². The SMILES string of the molecule is CC(C)(C)CN1CC(=O)N(C(S)CCc2ccccc2)C1=O. The molecule has 0 saturated carbocycles. The standard InChI is InChI=1S/C17H24N2O2S/c1-17(2,3)12-18-11-14(20)19(16(18)21)15(22)10-9-13-7-5-4-6-8-13/h4-8,15,22H,9-12H2,1-3H3. The average Bonchev–Trinajstić information content (AvgIpc) is 2.70. The van der Waals surface area contributed by atoms with Crippen LogP contribution in [0.5, 0.6) is 0 Å². The Balaban J connectivity index is 1.96. The number of carbonyl (C=O) groups excluding carboxylic acids is 2. The second kappa shape index (κ2) is 6.73. The Morgan fingerprint density at radius 3 is 2.41 bits per heavy atom. The normalized spacial score (nSPS) is 17.3. The molecule has 0 bridgehead atoms. The van der Waals surface area contributed by atoms with Crippen molar-refractivity contribution in [2.75, 3.05) is 13.1 Å². The van der Waals surface area contributed by atoms with Crippen molar-refractivity contribution in [2.24, 2.45) is 5.41 Å². The van der Waals surface area contributed by atoms with Crippen LogP contribution < -0.4 is 0 Å². The van der Waals surface area contributed by atoms with Gasteiger partial charge in [-0.2, -0.15) is 12.6 Å². The third kappa shape index (κ3) is 4.26. The molecule has 4 nitrogen and oxygen atoms in total. The number of hydrogen-bond donors (Lipinski definition) is 1. The maximum absolute atomic E-state index is 12.4. The van der Waals surface area contributed by atoms with Crippen LogP contribution >= 0.6 is 12.6 Å². The summed E-state index contributed by atoms with van der Waals surface area (Å²) >= 11 is 4.48. The molecule has 1 unspecified atom stereocenters. The van der Waals surface area contributed by atoms with E-state index in [2.05, 4.69) is 33.4 Å². The summed E-state index contributed by atoms with van der Waals surface area (Å²) in [5.41, 5.74) is 1.16. The summed E-state index contributed by atoms with van der Waals surface area (Å²) in [6.07, 6.45) is 1.46. The Morgan fingerprint density at radius 2 is 1.82 bits per heavy atom. The van der Waals surface area contributed by atoms with Crippen molar-refractivity contribution in [3.05, 3.63) is 35.9 Å². The highest BCUT2D eigenvalue weighted by Gasteiger charge is 2.40. The Morgan fingerprint density at radius 1 is 1.18 bits per heavy atom. The quantitative estimate of drug-likeness (QED) is 0.668. The van der Waals surface area contributed by atoms with E-state index in [1.54, 1.807) is 4.90 Å². The maximum atomic E-state index is 12.4. The molecule has 22 heavy (non-hydrogen) atoms. The summed E-state index contributed by atoms with van der Waals surface area (Å²) in [6.45, 7) is 6.91. The minimum Gasteiger partial charge on any atom is -0.314 e. The number of rotatable bonds is 5. The number of imide groups is 1. The third-order valence-corrected chi connectivity index (χ3v) is 4.06. The molecule has 1 aliphatic heterocycles. The average molecular weight is 320 g/mol.